The van der Waals surface area contributed by atoms with E-state index in [1.807, 2.05) is 16.7 Å². The van der Waals surface area contributed by atoms with Gasteiger partial charge in [0.05, 0.1) is 14.6 Å². The molecule has 1 aliphatic heterocycles. The van der Waals surface area contributed by atoms with Crippen molar-refractivity contribution in [3.63, 3.8) is 0 Å². The SMILES string of the molecule is CCn1c(C(=O)NCCCN2CCc3ccccc3C2)cc2sc(Cl)cc21. The fraction of sp³-hybridized carbons (Fsp3) is 0.381. The molecule has 0 spiro atoms. The van der Waals surface area contributed by atoms with E-state index in [4.69, 9.17) is 11.6 Å². The quantitative estimate of drug-likeness (QED) is 0.615. The van der Waals surface area contributed by atoms with Crippen molar-refractivity contribution in [2.24, 2.45) is 0 Å². The summed E-state index contributed by atoms with van der Waals surface area (Å²) >= 11 is 7.61. The Kier molecular flexibility index (Phi) is 5.53. The highest BCUT2D eigenvalue weighted by atomic mass is 35.5. The van der Waals surface area contributed by atoms with Crippen molar-refractivity contribution in [2.75, 3.05) is 19.6 Å². The van der Waals surface area contributed by atoms with Gasteiger partial charge in [-0.25, -0.2) is 0 Å². The zero-order chi connectivity index (χ0) is 18.8. The summed E-state index contributed by atoms with van der Waals surface area (Å²) < 4.78 is 3.87. The van der Waals surface area contributed by atoms with Crippen LogP contribution < -0.4 is 5.32 Å². The van der Waals surface area contributed by atoms with Crippen LogP contribution in [0.4, 0.5) is 0 Å². The van der Waals surface area contributed by atoms with Gasteiger partial charge in [0, 0.05) is 32.7 Å². The molecule has 0 saturated heterocycles. The van der Waals surface area contributed by atoms with Gasteiger partial charge in [0.25, 0.3) is 5.91 Å². The van der Waals surface area contributed by atoms with Crippen molar-refractivity contribution in [1.29, 1.82) is 0 Å². The lowest BCUT2D eigenvalue weighted by Crippen LogP contribution is -2.34. The first-order chi connectivity index (χ1) is 13.2. The third kappa shape index (κ3) is 3.91. The molecule has 0 unspecified atom stereocenters. The number of carbonyl (C=O) groups is 1. The second-order valence-corrected chi connectivity index (χ2v) is 8.69. The van der Waals surface area contributed by atoms with Crippen molar-refractivity contribution in [3.05, 3.63) is 57.6 Å². The van der Waals surface area contributed by atoms with E-state index < -0.39 is 0 Å². The normalized spacial score (nSPS) is 14.4. The fourth-order valence-electron chi connectivity index (χ4n) is 3.88. The molecule has 2 aromatic heterocycles. The zero-order valence-corrected chi connectivity index (χ0v) is 17.1. The van der Waals surface area contributed by atoms with E-state index in [0.717, 1.165) is 59.3 Å². The van der Waals surface area contributed by atoms with E-state index in [-0.39, 0.29) is 5.91 Å². The number of thiophene rings is 1. The molecule has 0 bridgehead atoms. The zero-order valence-electron chi connectivity index (χ0n) is 15.5. The number of halogens is 1. The topological polar surface area (TPSA) is 37.3 Å². The van der Waals surface area contributed by atoms with E-state index in [1.165, 1.54) is 22.5 Å². The molecule has 1 N–H and O–H groups in total. The predicted octanol–water partition coefficient (Wildman–Crippen LogP) is 4.55. The van der Waals surface area contributed by atoms with Crippen molar-refractivity contribution in [3.8, 4) is 0 Å². The van der Waals surface area contributed by atoms with Gasteiger partial charge in [0.15, 0.2) is 0 Å². The summed E-state index contributed by atoms with van der Waals surface area (Å²) in [6, 6.07) is 12.6. The number of aryl methyl sites for hydroxylation is 1. The van der Waals surface area contributed by atoms with E-state index in [9.17, 15) is 4.79 Å². The maximum Gasteiger partial charge on any atom is 0.267 e. The second kappa shape index (κ2) is 8.05. The maximum absolute atomic E-state index is 12.6. The van der Waals surface area contributed by atoms with Gasteiger partial charge < -0.3 is 9.88 Å². The van der Waals surface area contributed by atoms with E-state index in [1.54, 1.807) is 0 Å². The van der Waals surface area contributed by atoms with Crippen molar-refractivity contribution < 1.29 is 4.79 Å². The first-order valence-corrected chi connectivity index (χ1v) is 10.7. The largest absolute Gasteiger partial charge is 0.351 e. The van der Waals surface area contributed by atoms with Crippen molar-refractivity contribution >= 4 is 39.1 Å². The summed E-state index contributed by atoms with van der Waals surface area (Å²) in [4.78, 5) is 15.1. The third-order valence-corrected chi connectivity index (χ3v) is 6.46. The van der Waals surface area contributed by atoms with E-state index >= 15 is 0 Å². The van der Waals surface area contributed by atoms with Crippen LogP contribution in [0.5, 0.6) is 0 Å². The summed E-state index contributed by atoms with van der Waals surface area (Å²) in [6.07, 6.45) is 2.08. The van der Waals surface area contributed by atoms with Crippen LogP contribution in [0, 0.1) is 0 Å². The smallest absolute Gasteiger partial charge is 0.267 e. The number of nitrogens with zero attached hydrogens (tertiary/aromatic N) is 2. The van der Waals surface area contributed by atoms with Crippen LogP contribution in [0.25, 0.3) is 10.2 Å². The van der Waals surface area contributed by atoms with Crippen molar-refractivity contribution in [1.82, 2.24) is 14.8 Å². The summed E-state index contributed by atoms with van der Waals surface area (Å²) in [6.45, 7) is 6.62. The number of carbonyl (C=O) groups excluding carboxylic acids is 1. The number of rotatable bonds is 6. The average Bonchev–Trinajstić information content (AvgIpc) is 3.20. The number of hydrogen-bond acceptors (Lipinski definition) is 3. The first-order valence-electron chi connectivity index (χ1n) is 9.51. The van der Waals surface area contributed by atoms with Gasteiger partial charge in [0.2, 0.25) is 0 Å². The van der Waals surface area contributed by atoms with Gasteiger partial charge in [-0.2, -0.15) is 0 Å². The molecule has 4 nitrogen and oxygen atoms in total. The molecule has 6 heteroatoms. The van der Waals surface area contributed by atoms with Crippen LogP contribution in [0.3, 0.4) is 0 Å². The Bertz CT molecular complexity index is 962. The summed E-state index contributed by atoms with van der Waals surface area (Å²) in [5.41, 5.74) is 4.68. The molecule has 0 aliphatic carbocycles. The van der Waals surface area contributed by atoms with Gasteiger partial charge in [-0.1, -0.05) is 35.9 Å². The molecule has 0 atom stereocenters. The molecular weight excluding hydrogens is 378 g/mol. The third-order valence-electron chi connectivity index (χ3n) is 5.25. The lowest BCUT2D eigenvalue weighted by Gasteiger charge is -2.28. The van der Waals surface area contributed by atoms with Gasteiger partial charge in [-0.3, -0.25) is 9.69 Å². The molecule has 1 aliphatic rings. The van der Waals surface area contributed by atoms with Crippen LogP contribution in [-0.2, 0) is 19.5 Å². The standard InChI is InChI=1S/C21H24ClN3OS/c1-2-25-17-13-20(22)27-19(17)12-18(25)21(26)23-9-5-10-24-11-8-15-6-3-4-7-16(15)14-24/h3-4,6-7,12-13H,2,5,8-11,14H2,1H3,(H,23,26). The Morgan fingerprint density at radius 3 is 2.89 bits per heavy atom. The van der Waals surface area contributed by atoms with E-state index in [2.05, 4.69) is 41.4 Å². The Morgan fingerprint density at radius 2 is 2.07 bits per heavy atom. The Balaban J connectivity index is 1.30. The van der Waals surface area contributed by atoms with Crippen LogP contribution >= 0.6 is 22.9 Å². The number of nitrogens with one attached hydrogen (secondary N) is 1. The second-order valence-electron chi connectivity index (χ2n) is 6.98. The highest BCUT2D eigenvalue weighted by Gasteiger charge is 2.17. The lowest BCUT2D eigenvalue weighted by atomic mass is 10.00. The molecule has 3 aromatic rings. The van der Waals surface area contributed by atoms with E-state index in [0.29, 0.717) is 6.54 Å². The Hall–Kier alpha value is -1.82. The number of aromatic nitrogens is 1. The molecule has 0 fully saturated rings. The monoisotopic (exact) mass is 401 g/mol. The predicted molar refractivity (Wildman–Crippen MR) is 113 cm³/mol. The minimum Gasteiger partial charge on any atom is -0.351 e. The summed E-state index contributed by atoms with van der Waals surface area (Å²) in [7, 11) is 0. The number of hydrogen-bond donors (Lipinski definition) is 1. The molecule has 0 radical (unpaired) electrons. The van der Waals surface area contributed by atoms with Gasteiger partial charge in [0.1, 0.15) is 5.69 Å². The molecule has 142 valence electrons. The Labute approximate surface area is 168 Å². The Morgan fingerprint density at radius 1 is 1.26 bits per heavy atom. The molecule has 27 heavy (non-hydrogen) atoms. The first kappa shape index (κ1) is 18.5. The number of fused-ring (bicyclic) bond motifs is 2. The molecule has 1 amide bonds. The maximum atomic E-state index is 12.6. The van der Waals surface area contributed by atoms with Gasteiger partial charge in [-0.15, -0.1) is 11.3 Å². The number of benzene rings is 1. The van der Waals surface area contributed by atoms with Gasteiger partial charge in [-0.05, 0) is 43.0 Å². The van der Waals surface area contributed by atoms with Crippen molar-refractivity contribution in [2.45, 2.75) is 32.9 Å². The minimum absolute atomic E-state index is 0.000335. The molecule has 1 aromatic carbocycles. The average molecular weight is 402 g/mol. The van der Waals surface area contributed by atoms with Crippen LogP contribution in [-0.4, -0.2) is 35.0 Å². The highest BCUT2D eigenvalue weighted by molar-refractivity contribution is 7.22. The minimum atomic E-state index is 0.000335. The lowest BCUT2D eigenvalue weighted by molar-refractivity contribution is 0.0942. The van der Waals surface area contributed by atoms with Crippen LogP contribution in [0.15, 0.2) is 36.4 Å². The number of amides is 1. The highest BCUT2D eigenvalue weighted by Crippen LogP contribution is 2.32. The fourth-order valence-corrected chi connectivity index (χ4v) is 5.06. The van der Waals surface area contributed by atoms with Crippen LogP contribution in [0.1, 0.15) is 35.0 Å². The summed E-state index contributed by atoms with van der Waals surface area (Å²) in [5.74, 6) is 0.000335. The molecule has 3 heterocycles. The molecule has 0 saturated carbocycles. The van der Waals surface area contributed by atoms with Crippen LogP contribution in [0.2, 0.25) is 4.34 Å². The molecular formula is C21H24ClN3OS. The summed E-state index contributed by atoms with van der Waals surface area (Å²) in [5, 5.41) is 3.08. The molecule has 4 rings (SSSR count). The van der Waals surface area contributed by atoms with Gasteiger partial charge >= 0.3 is 0 Å².